The van der Waals surface area contributed by atoms with Crippen molar-refractivity contribution in [1.29, 1.82) is 0 Å². The maximum atomic E-state index is 4.65. The lowest BCUT2D eigenvalue weighted by Gasteiger charge is -1.96. The van der Waals surface area contributed by atoms with Crippen LogP contribution >= 0.6 is 11.3 Å². The summed E-state index contributed by atoms with van der Waals surface area (Å²) in [6, 6.07) is 18.4. The van der Waals surface area contributed by atoms with Gasteiger partial charge in [-0.3, -0.25) is 5.43 Å². The summed E-state index contributed by atoms with van der Waals surface area (Å²) in [5.41, 5.74) is 7.33. The molecule has 0 aliphatic heterocycles. The number of fused-ring (bicyclic) bond motifs is 1. The normalized spacial score (nSPS) is 11.4. The van der Waals surface area contributed by atoms with E-state index in [1.54, 1.807) is 11.3 Å². The van der Waals surface area contributed by atoms with Crippen LogP contribution in [0.4, 0.5) is 5.13 Å². The molecule has 118 valence electrons. The van der Waals surface area contributed by atoms with Crippen LogP contribution in [-0.2, 0) is 0 Å². The molecule has 2 N–H and O–H groups in total. The number of aryl methyl sites for hydroxylation is 1. The van der Waals surface area contributed by atoms with Gasteiger partial charge in [-0.05, 0) is 13.0 Å². The van der Waals surface area contributed by atoms with E-state index in [2.05, 4.69) is 51.7 Å². The molecule has 2 heterocycles. The Morgan fingerprint density at radius 3 is 2.75 bits per heavy atom. The minimum Gasteiger partial charge on any atom is -0.361 e. The van der Waals surface area contributed by atoms with Crippen LogP contribution in [0.5, 0.6) is 0 Å². The predicted octanol–water partition coefficient (Wildman–Crippen LogP) is 5.05. The average Bonchev–Trinajstić information content (AvgIpc) is 3.20. The topological polar surface area (TPSA) is 53.1 Å². The highest BCUT2D eigenvalue weighted by atomic mass is 32.1. The number of aromatic amines is 1. The molecule has 0 amide bonds. The quantitative estimate of drug-likeness (QED) is 0.406. The Hall–Kier alpha value is -2.92. The lowest BCUT2D eigenvalue weighted by atomic mass is 10.1. The zero-order chi connectivity index (χ0) is 16.4. The second-order valence-corrected chi connectivity index (χ2v) is 6.65. The number of anilines is 1. The maximum Gasteiger partial charge on any atom is 0.204 e. The standard InChI is InChI=1S/C19H16N4S/c1-13-18(14-7-3-2-4-8-14)22-19(24-13)23-21-12-15-11-20-17-10-6-5-9-16(15)17/h2-12,20H,1H3,(H,22,23)/b21-12-. The van der Waals surface area contributed by atoms with Crippen LogP contribution < -0.4 is 5.43 Å². The number of nitrogens with zero attached hydrogens (tertiary/aromatic N) is 2. The van der Waals surface area contributed by atoms with E-state index in [1.807, 2.05) is 42.7 Å². The van der Waals surface area contributed by atoms with E-state index in [-0.39, 0.29) is 0 Å². The number of benzene rings is 2. The largest absolute Gasteiger partial charge is 0.361 e. The number of rotatable bonds is 4. The number of para-hydroxylation sites is 1. The van der Waals surface area contributed by atoms with Crippen molar-refractivity contribution in [3.63, 3.8) is 0 Å². The van der Waals surface area contributed by atoms with Gasteiger partial charge in [-0.25, -0.2) is 4.98 Å². The molecule has 0 unspecified atom stereocenters. The summed E-state index contributed by atoms with van der Waals surface area (Å²) in [5.74, 6) is 0. The molecule has 0 spiro atoms. The third kappa shape index (κ3) is 2.81. The molecule has 24 heavy (non-hydrogen) atoms. The molecule has 0 fully saturated rings. The summed E-state index contributed by atoms with van der Waals surface area (Å²) in [7, 11) is 0. The summed E-state index contributed by atoms with van der Waals surface area (Å²) in [4.78, 5) is 9.06. The number of nitrogens with one attached hydrogen (secondary N) is 2. The minimum absolute atomic E-state index is 0.794. The van der Waals surface area contributed by atoms with Gasteiger partial charge in [0.25, 0.3) is 0 Å². The summed E-state index contributed by atoms with van der Waals surface area (Å²) in [6.45, 7) is 2.08. The van der Waals surface area contributed by atoms with Crippen molar-refractivity contribution in [3.8, 4) is 11.3 Å². The van der Waals surface area contributed by atoms with E-state index < -0.39 is 0 Å². The zero-order valence-corrected chi connectivity index (χ0v) is 14.0. The number of hydrogen-bond acceptors (Lipinski definition) is 4. The van der Waals surface area contributed by atoms with E-state index in [0.29, 0.717) is 0 Å². The van der Waals surface area contributed by atoms with Crippen molar-refractivity contribution in [3.05, 3.63) is 71.2 Å². The van der Waals surface area contributed by atoms with Gasteiger partial charge in [0.15, 0.2) is 0 Å². The first-order valence-corrected chi connectivity index (χ1v) is 8.51. The van der Waals surface area contributed by atoms with Crippen LogP contribution in [0.3, 0.4) is 0 Å². The van der Waals surface area contributed by atoms with E-state index in [4.69, 9.17) is 0 Å². The molecule has 5 heteroatoms. The summed E-state index contributed by atoms with van der Waals surface area (Å²) >= 11 is 1.61. The maximum absolute atomic E-state index is 4.65. The van der Waals surface area contributed by atoms with Gasteiger partial charge in [-0.15, -0.1) is 11.3 Å². The average molecular weight is 332 g/mol. The van der Waals surface area contributed by atoms with Crippen molar-refractivity contribution < 1.29 is 0 Å². The van der Waals surface area contributed by atoms with Crippen LogP contribution in [0.2, 0.25) is 0 Å². The molecule has 0 atom stereocenters. The SMILES string of the molecule is Cc1sc(N/N=C\c2c[nH]c3ccccc23)nc1-c1ccccc1. The van der Waals surface area contributed by atoms with Crippen LogP contribution in [0, 0.1) is 6.92 Å². The first-order chi connectivity index (χ1) is 11.8. The fourth-order valence-corrected chi connectivity index (χ4v) is 3.45. The molecule has 4 aromatic rings. The van der Waals surface area contributed by atoms with Crippen LogP contribution in [0.1, 0.15) is 10.4 Å². The van der Waals surface area contributed by atoms with Crippen molar-refractivity contribution in [1.82, 2.24) is 9.97 Å². The van der Waals surface area contributed by atoms with Gasteiger partial charge in [0.05, 0.1) is 11.9 Å². The summed E-state index contributed by atoms with van der Waals surface area (Å²) < 4.78 is 0. The Kier molecular flexibility index (Phi) is 3.84. The number of H-pyrrole nitrogens is 1. The van der Waals surface area contributed by atoms with Gasteiger partial charge >= 0.3 is 0 Å². The predicted molar refractivity (Wildman–Crippen MR) is 102 cm³/mol. The van der Waals surface area contributed by atoms with E-state index in [0.717, 1.165) is 32.9 Å². The van der Waals surface area contributed by atoms with Crippen molar-refractivity contribution in [2.75, 3.05) is 5.43 Å². The van der Waals surface area contributed by atoms with Gasteiger partial charge in [0, 0.05) is 33.1 Å². The summed E-state index contributed by atoms with van der Waals surface area (Å²) in [6.07, 6.45) is 3.77. The van der Waals surface area contributed by atoms with Gasteiger partial charge in [0.2, 0.25) is 5.13 Å². The number of thiazole rings is 1. The molecule has 0 saturated heterocycles. The fraction of sp³-hybridized carbons (Fsp3) is 0.0526. The molecule has 4 nitrogen and oxygen atoms in total. The third-order valence-electron chi connectivity index (χ3n) is 3.83. The molecular formula is C19H16N4S. The molecule has 0 radical (unpaired) electrons. The zero-order valence-electron chi connectivity index (χ0n) is 13.2. The van der Waals surface area contributed by atoms with Crippen LogP contribution in [0.25, 0.3) is 22.2 Å². The van der Waals surface area contributed by atoms with Crippen molar-refractivity contribution >= 4 is 33.6 Å². The van der Waals surface area contributed by atoms with Gasteiger partial charge in [-0.2, -0.15) is 5.10 Å². The molecule has 0 aliphatic rings. The molecule has 0 saturated carbocycles. The lowest BCUT2D eigenvalue weighted by Crippen LogP contribution is -1.89. The van der Waals surface area contributed by atoms with Crippen molar-refractivity contribution in [2.24, 2.45) is 5.10 Å². The smallest absolute Gasteiger partial charge is 0.204 e. The highest BCUT2D eigenvalue weighted by molar-refractivity contribution is 7.15. The van der Waals surface area contributed by atoms with E-state index in [1.165, 1.54) is 4.88 Å². The Labute approximate surface area is 143 Å². The Bertz CT molecular complexity index is 999. The monoisotopic (exact) mass is 332 g/mol. The van der Waals surface area contributed by atoms with Crippen LogP contribution in [-0.4, -0.2) is 16.2 Å². The summed E-state index contributed by atoms with van der Waals surface area (Å²) in [5, 5.41) is 6.29. The number of hydrogen-bond donors (Lipinski definition) is 2. The van der Waals surface area contributed by atoms with E-state index in [9.17, 15) is 0 Å². The molecule has 2 aromatic carbocycles. The minimum atomic E-state index is 0.794. The molecule has 2 aromatic heterocycles. The fourth-order valence-electron chi connectivity index (χ4n) is 2.67. The van der Waals surface area contributed by atoms with Gasteiger partial charge < -0.3 is 4.98 Å². The molecule has 0 bridgehead atoms. The first-order valence-electron chi connectivity index (χ1n) is 7.69. The first kappa shape index (κ1) is 14.7. The number of aromatic nitrogens is 2. The Morgan fingerprint density at radius 2 is 1.88 bits per heavy atom. The van der Waals surface area contributed by atoms with Crippen molar-refractivity contribution in [2.45, 2.75) is 6.92 Å². The molecule has 4 rings (SSSR count). The second-order valence-electron chi connectivity index (χ2n) is 5.45. The van der Waals surface area contributed by atoms with Gasteiger partial charge in [0.1, 0.15) is 0 Å². The van der Waals surface area contributed by atoms with E-state index >= 15 is 0 Å². The highest BCUT2D eigenvalue weighted by Crippen LogP contribution is 2.30. The molecular weight excluding hydrogens is 316 g/mol. The second kappa shape index (κ2) is 6.29. The van der Waals surface area contributed by atoms with Crippen LogP contribution in [0.15, 0.2) is 65.9 Å². The molecule has 0 aliphatic carbocycles. The number of hydrazone groups is 1. The Balaban J connectivity index is 1.54. The van der Waals surface area contributed by atoms with Gasteiger partial charge in [-0.1, -0.05) is 48.5 Å². The Morgan fingerprint density at radius 1 is 1.08 bits per heavy atom. The highest BCUT2D eigenvalue weighted by Gasteiger charge is 2.08. The lowest BCUT2D eigenvalue weighted by molar-refractivity contribution is 1.28. The third-order valence-corrected chi connectivity index (χ3v) is 4.70.